The van der Waals surface area contributed by atoms with Crippen LogP contribution in [0.25, 0.3) is 0 Å². The Kier molecular flexibility index (Phi) is 5.88. The van der Waals surface area contributed by atoms with E-state index in [1.54, 1.807) is 0 Å². The minimum atomic E-state index is -0.552. The van der Waals surface area contributed by atoms with Crippen molar-refractivity contribution in [2.75, 3.05) is 32.6 Å². The predicted octanol–water partition coefficient (Wildman–Crippen LogP) is 0.562. The van der Waals surface area contributed by atoms with Crippen LogP contribution in [0, 0.1) is 10.1 Å². The summed E-state index contributed by atoms with van der Waals surface area (Å²) in [6.07, 6.45) is 0.791. The zero-order chi connectivity index (χ0) is 15.1. The zero-order valence-electron chi connectivity index (χ0n) is 11.5. The third-order valence-electron chi connectivity index (χ3n) is 2.68. The molecule has 4 N–H and O–H groups in total. The van der Waals surface area contributed by atoms with Gasteiger partial charge in [-0.3, -0.25) is 20.8 Å². The number of nitrogen functional groups attached to an aromatic ring is 1. The second kappa shape index (κ2) is 7.41. The number of carbonyl (C=O) groups is 1. The molecule has 110 valence electrons. The monoisotopic (exact) mass is 281 g/mol. The maximum absolute atomic E-state index is 12.0. The Labute approximate surface area is 117 Å². The highest BCUT2D eigenvalue weighted by Crippen LogP contribution is 2.21. The number of nitrogens with one attached hydrogen (secondary N) is 2. The first kappa shape index (κ1) is 15.9. The maximum Gasteiger partial charge on any atom is 0.270 e. The van der Waals surface area contributed by atoms with E-state index in [0.29, 0.717) is 12.2 Å². The Morgan fingerprint density at radius 2 is 2.15 bits per heavy atom. The standard InChI is InChI=1S/C12H19N5O3/c1-16(2)7-3-6-14-12(18)10-8-9(17(19)20)4-5-11(10)15-13/h4-5,8,15H,3,6-7,13H2,1-2H3,(H,14,18). The van der Waals surface area contributed by atoms with Crippen LogP contribution in [0.15, 0.2) is 18.2 Å². The predicted molar refractivity (Wildman–Crippen MR) is 76.4 cm³/mol. The van der Waals surface area contributed by atoms with Crippen LogP contribution in [0.4, 0.5) is 11.4 Å². The van der Waals surface area contributed by atoms with Crippen molar-refractivity contribution < 1.29 is 9.72 Å². The Balaban J connectivity index is 2.74. The molecule has 0 aliphatic rings. The molecule has 0 radical (unpaired) electrons. The molecule has 0 unspecified atom stereocenters. The second-order valence-electron chi connectivity index (χ2n) is 4.54. The normalized spacial score (nSPS) is 10.4. The summed E-state index contributed by atoms with van der Waals surface area (Å²) >= 11 is 0. The molecule has 1 aromatic carbocycles. The van der Waals surface area contributed by atoms with Crippen LogP contribution in [0.3, 0.4) is 0 Å². The summed E-state index contributed by atoms with van der Waals surface area (Å²) in [4.78, 5) is 24.2. The van der Waals surface area contributed by atoms with E-state index in [-0.39, 0.29) is 17.2 Å². The number of nitrogens with two attached hydrogens (primary N) is 1. The maximum atomic E-state index is 12.0. The first-order valence-electron chi connectivity index (χ1n) is 6.13. The minimum Gasteiger partial charge on any atom is -0.352 e. The number of hydrazine groups is 1. The van der Waals surface area contributed by atoms with Crippen LogP contribution in [0.2, 0.25) is 0 Å². The van der Waals surface area contributed by atoms with Gasteiger partial charge in [0.15, 0.2) is 0 Å². The molecule has 1 aromatic rings. The number of amides is 1. The summed E-state index contributed by atoms with van der Waals surface area (Å²) < 4.78 is 0. The smallest absolute Gasteiger partial charge is 0.270 e. The molecule has 0 aliphatic heterocycles. The molecule has 0 aliphatic carbocycles. The van der Waals surface area contributed by atoms with Crippen molar-refractivity contribution in [1.82, 2.24) is 10.2 Å². The second-order valence-corrected chi connectivity index (χ2v) is 4.54. The fourth-order valence-electron chi connectivity index (χ4n) is 1.65. The molecular weight excluding hydrogens is 262 g/mol. The molecule has 8 heteroatoms. The molecule has 0 saturated carbocycles. The van der Waals surface area contributed by atoms with E-state index >= 15 is 0 Å². The lowest BCUT2D eigenvalue weighted by atomic mass is 10.1. The fraction of sp³-hybridized carbons (Fsp3) is 0.417. The van der Waals surface area contributed by atoms with Gasteiger partial charge in [0, 0.05) is 18.7 Å². The lowest BCUT2D eigenvalue weighted by Gasteiger charge is -2.11. The summed E-state index contributed by atoms with van der Waals surface area (Å²) in [5, 5.41) is 13.4. The number of benzene rings is 1. The summed E-state index contributed by atoms with van der Waals surface area (Å²) in [6.45, 7) is 1.33. The number of carbonyl (C=O) groups excluding carboxylic acids is 1. The number of hydrogen-bond donors (Lipinski definition) is 3. The van der Waals surface area contributed by atoms with Crippen molar-refractivity contribution in [2.45, 2.75) is 6.42 Å². The number of nitro benzene ring substituents is 1. The van der Waals surface area contributed by atoms with Gasteiger partial charge in [-0.2, -0.15) is 0 Å². The molecule has 0 bridgehead atoms. The van der Waals surface area contributed by atoms with E-state index in [9.17, 15) is 14.9 Å². The highest BCUT2D eigenvalue weighted by Gasteiger charge is 2.15. The molecular formula is C12H19N5O3. The van der Waals surface area contributed by atoms with Crippen LogP contribution in [0.1, 0.15) is 16.8 Å². The zero-order valence-corrected chi connectivity index (χ0v) is 11.5. The molecule has 0 fully saturated rings. The van der Waals surface area contributed by atoms with Crippen molar-refractivity contribution in [2.24, 2.45) is 5.84 Å². The third-order valence-corrected chi connectivity index (χ3v) is 2.68. The van der Waals surface area contributed by atoms with Gasteiger partial charge < -0.3 is 15.6 Å². The van der Waals surface area contributed by atoms with E-state index in [0.717, 1.165) is 13.0 Å². The summed E-state index contributed by atoms with van der Waals surface area (Å²) in [6, 6.07) is 3.90. The van der Waals surface area contributed by atoms with E-state index in [1.165, 1.54) is 18.2 Å². The number of anilines is 1. The van der Waals surface area contributed by atoms with Gasteiger partial charge in [-0.05, 0) is 33.1 Å². The highest BCUT2D eigenvalue weighted by atomic mass is 16.6. The Hall–Kier alpha value is -2.19. The summed E-state index contributed by atoms with van der Waals surface area (Å²) in [7, 11) is 3.89. The molecule has 1 rings (SSSR count). The average molecular weight is 281 g/mol. The molecule has 0 atom stereocenters. The summed E-state index contributed by atoms with van der Waals surface area (Å²) in [5.41, 5.74) is 2.72. The van der Waals surface area contributed by atoms with Crippen molar-refractivity contribution in [3.8, 4) is 0 Å². The topological polar surface area (TPSA) is 114 Å². The SMILES string of the molecule is CN(C)CCCNC(=O)c1cc([N+](=O)[O-])ccc1NN. The first-order valence-corrected chi connectivity index (χ1v) is 6.13. The van der Waals surface area contributed by atoms with Gasteiger partial charge >= 0.3 is 0 Å². The van der Waals surface area contributed by atoms with Gasteiger partial charge in [-0.15, -0.1) is 0 Å². The molecule has 0 saturated heterocycles. The fourth-order valence-corrected chi connectivity index (χ4v) is 1.65. The van der Waals surface area contributed by atoms with E-state index in [1.807, 2.05) is 19.0 Å². The van der Waals surface area contributed by atoms with Crippen molar-refractivity contribution >= 4 is 17.3 Å². The number of nitro groups is 1. The van der Waals surface area contributed by atoms with E-state index in [4.69, 9.17) is 5.84 Å². The van der Waals surface area contributed by atoms with Crippen molar-refractivity contribution in [3.05, 3.63) is 33.9 Å². The van der Waals surface area contributed by atoms with E-state index < -0.39 is 4.92 Å². The van der Waals surface area contributed by atoms with Crippen LogP contribution >= 0.6 is 0 Å². The molecule has 1 amide bonds. The van der Waals surface area contributed by atoms with Gasteiger partial charge in [0.05, 0.1) is 16.2 Å². The van der Waals surface area contributed by atoms with Gasteiger partial charge in [-0.25, -0.2) is 0 Å². The number of nitrogens with zero attached hydrogens (tertiary/aromatic N) is 2. The van der Waals surface area contributed by atoms with Crippen LogP contribution < -0.4 is 16.6 Å². The molecule has 0 heterocycles. The number of non-ortho nitro benzene ring substituents is 1. The largest absolute Gasteiger partial charge is 0.352 e. The Morgan fingerprint density at radius 1 is 1.45 bits per heavy atom. The van der Waals surface area contributed by atoms with Gasteiger partial charge in [0.1, 0.15) is 0 Å². The van der Waals surface area contributed by atoms with Crippen LogP contribution in [-0.4, -0.2) is 42.9 Å². The lowest BCUT2D eigenvalue weighted by molar-refractivity contribution is -0.384. The lowest BCUT2D eigenvalue weighted by Crippen LogP contribution is -2.28. The Bertz CT molecular complexity index is 490. The Morgan fingerprint density at radius 3 is 2.70 bits per heavy atom. The quantitative estimate of drug-likeness (QED) is 0.291. The molecule has 0 aromatic heterocycles. The number of rotatable bonds is 7. The van der Waals surface area contributed by atoms with Gasteiger partial charge in [0.25, 0.3) is 11.6 Å². The third kappa shape index (κ3) is 4.48. The highest BCUT2D eigenvalue weighted by molar-refractivity contribution is 6.00. The first-order chi connectivity index (χ1) is 9.45. The summed E-state index contributed by atoms with van der Waals surface area (Å²) in [5.74, 6) is 4.91. The van der Waals surface area contributed by atoms with Crippen molar-refractivity contribution in [1.29, 1.82) is 0 Å². The molecule has 20 heavy (non-hydrogen) atoms. The van der Waals surface area contributed by atoms with Crippen LogP contribution in [-0.2, 0) is 0 Å². The number of hydrogen-bond acceptors (Lipinski definition) is 6. The van der Waals surface area contributed by atoms with Gasteiger partial charge in [-0.1, -0.05) is 0 Å². The van der Waals surface area contributed by atoms with Crippen LogP contribution in [0.5, 0.6) is 0 Å². The van der Waals surface area contributed by atoms with E-state index in [2.05, 4.69) is 10.7 Å². The van der Waals surface area contributed by atoms with Crippen molar-refractivity contribution in [3.63, 3.8) is 0 Å². The minimum absolute atomic E-state index is 0.151. The van der Waals surface area contributed by atoms with Gasteiger partial charge in [0.2, 0.25) is 0 Å². The average Bonchev–Trinajstić information content (AvgIpc) is 2.42. The molecule has 8 nitrogen and oxygen atoms in total. The molecule has 0 spiro atoms.